The molecule has 0 aliphatic rings. The summed E-state index contributed by atoms with van der Waals surface area (Å²) in [7, 11) is 0. The topological polar surface area (TPSA) is 55.1 Å². The normalized spacial score (nSPS) is 11.3. The molecule has 0 heterocycles. The predicted octanol–water partition coefficient (Wildman–Crippen LogP) is 0.497. The minimum Gasteiger partial charge on any atom is -0.354 e. The van der Waals surface area contributed by atoms with Gasteiger partial charge in [0.15, 0.2) is 0 Å². The van der Waals surface area contributed by atoms with Crippen LogP contribution in [0, 0.1) is 5.41 Å². The fourth-order valence-corrected chi connectivity index (χ4v) is 0.586. The third-order valence-electron chi connectivity index (χ3n) is 1.93. The van der Waals surface area contributed by atoms with Crippen molar-refractivity contribution in [1.29, 1.82) is 0 Å². The lowest BCUT2D eigenvalue weighted by Crippen LogP contribution is -2.38. The molecule has 66 valence electrons. The highest BCUT2D eigenvalue weighted by Gasteiger charge is 2.24. The monoisotopic (exact) mass is 158 g/mol. The average Bonchev–Trinajstić information content (AvgIpc) is 2.00. The Kier molecular flexibility index (Phi) is 4.11. The summed E-state index contributed by atoms with van der Waals surface area (Å²) < 4.78 is 0. The minimum atomic E-state index is -0.255. The van der Waals surface area contributed by atoms with Gasteiger partial charge in [-0.25, -0.2) is 0 Å². The summed E-state index contributed by atoms with van der Waals surface area (Å²) in [6.45, 7) is 6.94. The Hall–Kier alpha value is -0.570. The third-order valence-corrected chi connectivity index (χ3v) is 1.93. The van der Waals surface area contributed by atoms with Crippen molar-refractivity contribution >= 4 is 5.91 Å². The van der Waals surface area contributed by atoms with E-state index in [0.29, 0.717) is 13.1 Å². The molecule has 3 heteroatoms. The molecule has 0 aromatic heterocycles. The van der Waals surface area contributed by atoms with Gasteiger partial charge in [0.25, 0.3) is 0 Å². The third kappa shape index (κ3) is 3.37. The van der Waals surface area contributed by atoms with Crippen LogP contribution in [0.25, 0.3) is 0 Å². The highest BCUT2D eigenvalue weighted by atomic mass is 16.2. The highest BCUT2D eigenvalue weighted by molar-refractivity contribution is 5.81. The Morgan fingerprint density at radius 2 is 2.09 bits per heavy atom. The quantitative estimate of drug-likeness (QED) is 0.626. The first-order valence-electron chi connectivity index (χ1n) is 4.03. The fraction of sp³-hybridized carbons (Fsp3) is 0.875. The lowest BCUT2D eigenvalue weighted by molar-refractivity contribution is -0.129. The molecule has 0 atom stereocenters. The van der Waals surface area contributed by atoms with Crippen LogP contribution in [0.4, 0.5) is 0 Å². The average molecular weight is 158 g/mol. The predicted molar refractivity (Wildman–Crippen MR) is 46.1 cm³/mol. The number of nitrogens with two attached hydrogens (primary N) is 1. The molecule has 1 amide bonds. The molecule has 0 fully saturated rings. The lowest BCUT2D eigenvalue weighted by Gasteiger charge is -2.20. The number of amides is 1. The summed E-state index contributed by atoms with van der Waals surface area (Å²) in [5.74, 6) is 0.0884. The zero-order valence-electron chi connectivity index (χ0n) is 7.61. The van der Waals surface area contributed by atoms with Crippen LogP contribution in [-0.4, -0.2) is 19.0 Å². The maximum Gasteiger partial charge on any atom is 0.225 e. The van der Waals surface area contributed by atoms with E-state index < -0.39 is 0 Å². The van der Waals surface area contributed by atoms with Crippen molar-refractivity contribution in [3.8, 4) is 0 Å². The molecule has 0 unspecified atom stereocenters. The lowest BCUT2D eigenvalue weighted by atomic mass is 9.89. The van der Waals surface area contributed by atoms with E-state index in [4.69, 9.17) is 5.73 Å². The van der Waals surface area contributed by atoms with Gasteiger partial charge in [-0.3, -0.25) is 4.79 Å². The first-order valence-corrected chi connectivity index (χ1v) is 4.03. The fourth-order valence-electron chi connectivity index (χ4n) is 0.586. The van der Waals surface area contributed by atoms with E-state index >= 15 is 0 Å². The van der Waals surface area contributed by atoms with Gasteiger partial charge in [0.2, 0.25) is 5.91 Å². The molecular formula is C8H18N2O. The van der Waals surface area contributed by atoms with Crippen molar-refractivity contribution in [3.63, 3.8) is 0 Å². The molecule has 11 heavy (non-hydrogen) atoms. The number of hydrogen-bond acceptors (Lipinski definition) is 2. The van der Waals surface area contributed by atoms with Crippen molar-refractivity contribution in [2.45, 2.75) is 27.2 Å². The Morgan fingerprint density at radius 3 is 2.45 bits per heavy atom. The minimum absolute atomic E-state index is 0.0884. The number of rotatable bonds is 4. The first kappa shape index (κ1) is 10.4. The van der Waals surface area contributed by atoms with Crippen molar-refractivity contribution in [2.75, 3.05) is 13.1 Å². The Labute approximate surface area is 68.3 Å². The number of hydrogen-bond donors (Lipinski definition) is 2. The van der Waals surface area contributed by atoms with Crippen molar-refractivity contribution in [3.05, 3.63) is 0 Å². The first-order chi connectivity index (χ1) is 5.04. The molecule has 0 saturated carbocycles. The summed E-state index contributed by atoms with van der Waals surface area (Å²) in [5, 5.41) is 2.76. The second-order valence-electron chi connectivity index (χ2n) is 3.28. The van der Waals surface area contributed by atoms with Gasteiger partial charge in [-0.05, 0) is 6.42 Å². The van der Waals surface area contributed by atoms with Crippen LogP contribution in [-0.2, 0) is 4.79 Å². The molecular weight excluding hydrogens is 140 g/mol. The van der Waals surface area contributed by atoms with Gasteiger partial charge in [0, 0.05) is 18.5 Å². The van der Waals surface area contributed by atoms with Gasteiger partial charge in [0.05, 0.1) is 0 Å². The molecule has 0 bridgehead atoms. The van der Waals surface area contributed by atoms with Crippen LogP contribution >= 0.6 is 0 Å². The van der Waals surface area contributed by atoms with Gasteiger partial charge in [-0.2, -0.15) is 0 Å². The molecule has 0 aromatic carbocycles. The van der Waals surface area contributed by atoms with E-state index in [2.05, 4.69) is 5.32 Å². The summed E-state index contributed by atoms with van der Waals surface area (Å²) in [6, 6.07) is 0. The molecule has 3 N–H and O–H groups in total. The van der Waals surface area contributed by atoms with E-state index in [1.165, 1.54) is 0 Å². The smallest absolute Gasteiger partial charge is 0.225 e. The van der Waals surface area contributed by atoms with Gasteiger partial charge >= 0.3 is 0 Å². The van der Waals surface area contributed by atoms with E-state index in [1.807, 2.05) is 20.8 Å². The Bertz CT molecular complexity index is 132. The Balaban J connectivity index is 3.82. The molecule has 0 aliphatic carbocycles. The van der Waals surface area contributed by atoms with Crippen molar-refractivity contribution in [2.24, 2.45) is 11.1 Å². The van der Waals surface area contributed by atoms with Crippen LogP contribution in [0.3, 0.4) is 0 Å². The van der Waals surface area contributed by atoms with Gasteiger partial charge in [-0.15, -0.1) is 0 Å². The standard InChI is InChI=1S/C8H18N2O/c1-4-8(2,3)7(11)10-6-5-9/h4-6,9H2,1-3H3,(H,10,11). The van der Waals surface area contributed by atoms with Crippen LogP contribution in [0.15, 0.2) is 0 Å². The molecule has 0 aliphatic heterocycles. The SMILES string of the molecule is CCC(C)(C)C(=O)NCCN. The zero-order chi connectivity index (χ0) is 8.91. The van der Waals surface area contributed by atoms with Crippen molar-refractivity contribution in [1.82, 2.24) is 5.32 Å². The van der Waals surface area contributed by atoms with Crippen LogP contribution in [0.5, 0.6) is 0 Å². The van der Waals surface area contributed by atoms with Crippen LogP contribution in [0.1, 0.15) is 27.2 Å². The maximum atomic E-state index is 11.3. The second kappa shape index (κ2) is 4.34. The Morgan fingerprint density at radius 1 is 1.55 bits per heavy atom. The van der Waals surface area contributed by atoms with Gasteiger partial charge in [-0.1, -0.05) is 20.8 Å². The molecule has 0 aromatic rings. The van der Waals surface area contributed by atoms with E-state index in [1.54, 1.807) is 0 Å². The largest absolute Gasteiger partial charge is 0.354 e. The van der Waals surface area contributed by atoms with Crippen LogP contribution < -0.4 is 11.1 Å². The number of carbonyl (C=O) groups is 1. The maximum absolute atomic E-state index is 11.3. The molecule has 0 saturated heterocycles. The molecule has 3 nitrogen and oxygen atoms in total. The van der Waals surface area contributed by atoms with E-state index in [9.17, 15) is 4.79 Å². The molecule has 0 spiro atoms. The summed E-state index contributed by atoms with van der Waals surface area (Å²) in [4.78, 5) is 11.3. The zero-order valence-corrected chi connectivity index (χ0v) is 7.61. The van der Waals surface area contributed by atoms with E-state index in [0.717, 1.165) is 6.42 Å². The van der Waals surface area contributed by atoms with Gasteiger partial charge < -0.3 is 11.1 Å². The van der Waals surface area contributed by atoms with Crippen molar-refractivity contribution < 1.29 is 4.79 Å². The van der Waals surface area contributed by atoms with E-state index in [-0.39, 0.29) is 11.3 Å². The summed E-state index contributed by atoms with van der Waals surface area (Å²) in [6.07, 6.45) is 0.851. The number of nitrogens with one attached hydrogen (secondary N) is 1. The molecule has 0 rings (SSSR count). The number of carbonyl (C=O) groups excluding carboxylic acids is 1. The van der Waals surface area contributed by atoms with Crippen LogP contribution in [0.2, 0.25) is 0 Å². The highest BCUT2D eigenvalue weighted by Crippen LogP contribution is 2.18. The molecule has 0 radical (unpaired) electrons. The summed E-state index contributed by atoms with van der Waals surface area (Å²) in [5.41, 5.74) is 4.99. The second-order valence-corrected chi connectivity index (χ2v) is 3.28. The van der Waals surface area contributed by atoms with Gasteiger partial charge in [0.1, 0.15) is 0 Å². The summed E-state index contributed by atoms with van der Waals surface area (Å²) >= 11 is 0.